The van der Waals surface area contributed by atoms with Gasteiger partial charge in [0.2, 0.25) is 0 Å². The molecule has 0 aromatic heterocycles. The topological polar surface area (TPSA) is 35.5 Å². The Bertz CT molecular complexity index is 287. The molecule has 22 heavy (non-hydrogen) atoms. The average molecular weight is 334 g/mol. The Morgan fingerprint density at radius 3 is 1.45 bits per heavy atom. The van der Waals surface area contributed by atoms with Crippen molar-refractivity contribution in [3.05, 3.63) is 0 Å². The van der Waals surface area contributed by atoms with Crippen LogP contribution >= 0.6 is 7.60 Å². The second kappa shape index (κ2) is 12.6. The molecule has 0 rings (SSSR count). The summed E-state index contributed by atoms with van der Waals surface area (Å²) < 4.78 is 24.7. The van der Waals surface area contributed by atoms with E-state index >= 15 is 0 Å². The summed E-state index contributed by atoms with van der Waals surface area (Å²) in [5, 5.41) is 0. The molecule has 0 aliphatic carbocycles. The number of hydrogen-bond donors (Lipinski definition) is 0. The SMILES string of the molecule is CCCC(C)COP(=O)(CC(C)CCC)OCC(C)CCC. The predicted molar refractivity (Wildman–Crippen MR) is 96.6 cm³/mol. The molecule has 0 spiro atoms. The standard InChI is InChI=1S/C18H39O3P/c1-7-10-16(4)13-20-22(19,15-18(6)12-9-3)21-14-17(5)11-8-2/h16-18H,7-15H2,1-6H3. The van der Waals surface area contributed by atoms with Crippen molar-refractivity contribution in [2.45, 2.75) is 80.1 Å². The lowest BCUT2D eigenvalue weighted by atomic mass is 10.1. The molecule has 0 aliphatic heterocycles. The molecule has 0 heterocycles. The monoisotopic (exact) mass is 334 g/mol. The van der Waals surface area contributed by atoms with E-state index in [4.69, 9.17) is 9.05 Å². The van der Waals surface area contributed by atoms with Crippen LogP contribution in [0.15, 0.2) is 0 Å². The van der Waals surface area contributed by atoms with E-state index in [-0.39, 0.29) is 0 Å². The molecule has 3 unspecified atom stereocenters. The smallest absolute Gasteiger partial charge is 0.308 e. The van der Waals surface area contributed by atoms with Gasteiger partial charge in [-0.3, -0.25) is 4.57 Å². The number of rotatable bonds is 14. The minimum absolute atomic E-state index is 0.388. The molecule has 3 atom stereocenters. The normalized spacial score (nSPS) is 18.6. The van der Waals surface area contributed by atoms with E-state index in [1.807, 2.05) is 0 Å². The third kappa shape index (κ3) is 10.8. The van der Waals surface area contributed by atoms with Gasteiger partial charge >= 0.3 is 7.60 Å². The van der Waals surface area contributed by atoms with E-state index in [1.165, 1.54) is 0 Å². The molecule has 0 N–H and O–H groups in total. The summed E-state index contributed by atoms with van der Waals surface area (Å²) in [6.45, 7) is 14.1. The van der Waals surface area contributed by atoms with Gasteiger partial charge < -0.3 is 9.05 Å². The van der Waals surface area contributed by atoms with Gasteiger partial charge in [0.05, 0.1) is 19.4 Å². The van der Waals surface area contributed by atoms with E-state index in [1.54, 1.807) is 0 Å². The highest BCUT2D eigenvalue weighted by atomic mass is 31.2. The van der Waals surface area contributed by atoms with Gasteiger partial charge in [-0.2, -0.15) is 0 Å². The Balaban J connectivity index is 4.56. The van der Waals surface area contributed by atoms with Crippen LogP contribution in [0.4, 0.5) is 0 Å². The maximum atomic E-state index is 13.1. The molecule has 0 fully saturated rings. The highest BCUT2D eigenvalue weighted by Gasteiger charge is 2.28. The van der Waals surface area contributed by atoms with Crippen LogP contribution < -0.4 is 0 Å². The maximum absolute atomic E-state index is 13.1. The van der Waals surface area contributed by atoms with Crippen molar-refractivity contribution in [3.63, 3.8) is 0 Å². The maximum Gasteiger partial charge on any atom is 0.330 e. The Morgan fingerprint density at radius 2 is 1.09 bits per heavy atom. The lowest BCUT2D eigenvalue weighted by molar-refractivity contribution is 0.159. The predicted octanol–water partition coefficient (Wildman–Crippen LogP) is 6.52. The van der Waals surface area contributed by atoms with Gasteiger partial charge in [-0.1, -0.05) is 67.2 Å². The summed E-state index contributed by atoms with van der Waals surface area (Å²) in [5.41, 5.74) is 0. The minimum atomic E-state index is -2.96. The zero-order valence-corrected chi connectivity index (χ0v) is 16.7. The molecular weight excluding hydrogens is 295 g/mol. The van der Waals surface area contributed by atoms with Gasteiger partial charge in [0, 0.05) is 0 Å². The van der Waals surface area contributed by atoms with Gasteiger partial charge in [-0.05, 0) is 30.6 Å². The van der Waals surface area contributed by atoms with E-state index in [9.17, 15) is 4.57 Å². The molecule has 0 saturated carbocycles. The van der Waals surface area contributed by atoms with Crippen LogP contribution in [0.1, 0.15) is 80.1 Å². The molecule has 0 aromatic carbocycles. The van der Waals surface area contributed by atoms with Gasteiger partial charge in [0.15, 0.2) is 0 Å². The lowest BCUT2D eigenvalue weighted by Crippen LogP contribution is -2.14. The van der Waals surface area contributed by atoms with Crippen LogP contribution in [0.2, 0.25) is 0 Å². The summed E-state index contributed by atoms with van der Waals surface area (Å²) in [6, 6.07) is 0. The molecule has 0 radical (unpaired) electrons. The quantitative estimate of drug-likeness (QED) is 0.339. The first kappa shape index (κ1) is 22.1. The van der Waals surface area contributed by atoms with Crippen molar-refractivity contribution >= 4 is 7.60 Å². The Kier molecular flexibility index (Phi) is 12.6. The van der Waals surface area contributed by atoms with Crippen molar-refractivity contribution in [1.29, 1.82) is 0 Å². The third-order valence-corrected chi connectivity index (χ3v) is 6.15. The van der Waals surface area contributed by atoms with Crippen LogP contribution in [0, 0.1) is 17.8 Å². The van der Waals surface area contributed by atoms with Crippen molar-refractivity contribution < 1.29 is 13.6 Å². The van der Waals surface area contributed by atoms with Crippen LogP contribution in [0.3, 0.4) is 0 Å². The molecule has 0 aliphatic rings. The first-order chi connectivity index (χ1) is 10.4. The largest absolute Gasteiger partial charge is 0.330 e. The van der Waals surface area contributed by atoms with E-state index in [2.05, 4.69) is 41.5 Å². The van der Waals surface area contributed by atoms with E-state index < -0.39 is 7.60 Å². The second-order valence-electron chi connectivity index (χ2n) is 7.07. The fourth-order valence-corrected chi connectivity index (χ4v) is 4.94. The third-order valence-electron chi connectivity index (χ3n) is 3.99. The average Bonchev–Trinajstić information content (AvgIpc) is 2.44. The number of hydrogen-bond acceptors (Lipinski definition) is 3. The molecule has 134 valence electrons. The molecule has 0 aromatic rings. The minimum Gasteiger partial charge on any atom is -0.308 e. The van der Waals surface area contributed by atoms with Crippen LogP contribution in [-0.4, -0.2) is 19.4 Å². The van der Waals surface area contributed by atoms with Crippen molar-refractivity contribution in [2.24, 2.45) is 17.8 Å². The second-order valence-corrected chi connectivity index (χ2v) is 9.17. The van der Waals surface area contributed by atoms with Crippen molar-refractivity contribution in [2.75, 3.05) is 19.4 Å². The van der Waals surface area contributed by atoms with Crippen molar-refractivity contribution in [3.8, 4) is 0 Å². The molecule has 0 amide bonds. The van der Waals surface area contributed by atoms with Gasteiger partial charge in [0.25, 0.3) is 0 Å². The highest BCUT2D eigenvalue weighted by molar-refractivity contribution is 7.53. The lowest BCUT2D eigenvalue weighted by Gasteiger charge is -2.24. The molecule has 3 nitrogen and oxygen atoms in total. The van der Waals surface area contributed by atoms with Crippen LogP contribution in [0.25, 0.3) is 0 Å². The Labute approximate surface area is 139 Å². The van der Waals surface area contributed by atoms with E-state index in [0.717, 1.165) is 38.5 Å². The molecule has 0 saturated heterocycles. The van der Waals surface area contributed by atoms with Gasteiger partial charge in [-0.15, -0.1) is 0 Å². The first-order valence-corrected chi connectivity index (χ1v) is 11.0. The Morgan fingerprint density at radius 1 is 0.727 bits per heavy atom. The fourth-order valence-electron chi connectivity index (χ4n) is 2.74. The van der Waals surface area contributed by atoms with Crippen LogP contribution in [0.5, 0.6) is 0 Å². The summed E-state index contributed by atoms with van der Waals surface area (Å²) in [7, 11) is -2.96. The summed E-state index contributed by atoms with van der Waals surface area (Å²) in [4.78, 5) is 0. The Hall–Kier alpha value is 0.150. The zero-order valence-electron chi connectivity index (χ0n) is 15.8. The highest BCUT2D eigenvalue weighted by Crippen LogP contribution is 2.51. The van der Waals surface area contributed by atoms with E-state index in [0.29, 0.717) is 37.1 Å². The summed E-state index contributed by atoms with van der Waals surface area (Å²) >= 11 is 0. The summed E-state index contributed by atoms with van der Waals surface area (Å²) in [5.74, 6) is 1.27. The van der Waals surface area contributed by atoms with Crippen molar-refractivity contribution in [1.82, 2.24) is 0 Å². The van der Waals surface area contributed by atoms with Gasteiger partial charge in [-0.25, -0.2) is 0 Å². The molecule has 0 bridgehead atoms. The molecule has 4 heteroatoms. The van der Waals surface area contributed by atoms with Gasteiger partial charge in [0.1, 0.15) is 0 Å². The molecular formula is C18H39O3P. The summed E-state index contributed by atoms with van der Waals surface area (Å²) in [6.07, 6.45) is 7.22. The zero-order chi connectivity index (χ0) is 17.0. The fraction of sp³-hybridized carbons (Fsp3) is 1.00. The van der Waals surface area contributed by atoms with Crippen LogP contribution in [-0.2, 0) is 13.6 Å². The first-order valence-electron chi connectivity index (χ1n) is 9.24.